The minimum atomic E-state index is -3.31. The maximum atomic E-state index is 12.1. The Kier molecular flexibility index (Phi) is 4.11. The zero-order valence-corrected chi connectivity index (χ0v) is 12.2. The van der Waals surface area contributed by atoms with Gasteiger partial charge >= 0.3 is 0 Å². The number of amides is 1. The van der Waals surface area contributed by atoms with E-state index in [1.54, 1.807) is 36.4 Å². The summed E-state index contributed by atoms with van der Waals surface area (Å²) in [6.45, 7) is 0. The Bertz CT molecular complexity index is 757. The third-order valence-electron chi connectivity index (χ3n) is 2.64. The van der Waals surface area contributed by atoms with Crippen LogP contribution in [0.3, 0.4) is 0 Å². The predicted octanol–water partition coefficient (Wildman–Crippen LogP) is 3.00. The molecule has 0 unspecified atom stereocenters. The van der Waals surface area contributed by atoms with E-state index in [-0.39, 0.29) is 10.8 Å². The van der Waals surface area contributed by atoms with E-state index in [9.17, 15) is 13.2 Å². The van der Waals surface area contributed by atoms with Crippen LogP contribution in [0.1, 0.15) is 10.4 Å². The summed E-state index contributed by atoms with van der Waals surface area (Å²) in [6.07, 6.45) is 1.11. The van der Waals surface area contributed by atoms with Crippen LogP contribution >= 0.6 is 11.6 Å². The quantitative estimate of drug-likeness (QED) is 0.948. The second kappa shape index (κ2) is 5.64. The smallest absolute Gasteiger partial charge is 0.257 e. The van der Waals surface area contributed by atoms with Gasteiger partial charge in [-0.1, -0.05) is 29.8 Å². The molecule has 4 nitrogen and oxygen atoms in total. The molecule has 0 aliphatic heterocycles. The van der Waals surface area contributed by atoms with Crippen LogP contribution in [-0.2, 0) is 9.84 Å². The maximum Gasteiger partial charge on any atom is 0.257 e. The minimum Gasteiger partial charge on any atom is -0.322 e. The Hall–Kier alpha value is -1.85. The van der Waals surface area contributed by atoms with Crippen molar-refractivity contribution in [3.8, 4) is 0 Å². The van der Waals surface area contributed by atoms with Crippen molar-refractivity contribution in [2.75, 3.05) is 11.6 Å². The molecule has 2 aromatic carbocycles. The summed E-state index contributed by atoms with van der Waals surface area (Å²) in [4.78, 5) is 12.2. The fourth-order valence-corrected chi connectivity index (χ4v) is 2.54. The lowest BCUT2D eigenvalue weighted by Gasteiger charge is -2.07. The number of anilines is 1. The second-order valence-corrected chi connectivity index (χ2v) is 6.66. The van der Waals surface area contributed by atoms with Crippen LogP contribution < -0.4 is 5.32 Å². The van der Waals surface area contributed by atoms with Crippen molar-refractivity contribution in [3.05, 3.63) is 59.1 Å². The van der Waals surface area contributed by atoms with Gasteiger partial charge in [-0.3, -0.25) is 4.79 Å². The number of carbonyl (C=O) groups excluding carboxylic acids is 1. The zero-order chi connectivity index (χ0) is 14.8. The molecule has 2 rings (SSSR count). The van der Waals surface area contributed by atoms with E-state index in [2.05, 4.69) is 5.32 Å². The highest BCUT2D eigenvalue weighted by Gasteiger charge is 2.12. The Morgan fingerprint density at radius 1 is 1.10 bits per heavy atom. The summed E-state index contributed by atoms with van der Waals surface area (Å²) >= 11 is 5.93. The highest BCUT2D eigenvalue weighted by Crippen LogP contribution is 2.19. The van der Waals surface area contributed by atoms with Crippen LogP contribution in [0.25, 0.3) is 0 Å². The molecule has 0 saturated carbocycles. The van der Waals surface area contributed by atoms with Crippen LogP contribution in [0.2, 0.25) is 5.02 Å². The molecule has 2 aromatic rings. The van der Waals surface area contributed by atoms with E-state index in [4.69, 9.17) is 11.6 Å². The van der Waals surface area contributed by atoms with Gasteiger partial charge in [-0.25, -0.2) is 8.42 Å². The van der Waals surface area contributed by atoms with Crippen molar-refractivity contribution in [3.63, 3.8) is 0 Å². The van der Waals surface area contributed by atoms with Gasteiger partial charge in [-0.15, -0.1) is 0 Å². The van der Waals surface area contributed by atoms with Crippen LogP contribution in [0.15, 0.2) is 53.4 Å². The number of carbonyl (C=O) groups is 1. The topological polar surface area (TPSA) is 63.2 Å². The highest BCUT2D eigenvalue weighted by molar-refractivity contribution is 7.90. The predicted molar refractivity (Wildman–Crippen MR) is 79.0 cm³/mol. The SMILES string of the molecule is CS(=O)(=O)c1cccc(NC(=O)c2ccccc2Cl)c1. The molecule has 0 atom stereocenters. The van der Waals surface area contributed by atoms with Crippen molar-refractivity contribution in [1.29, 1.82) is 0 Å². The molecule has 0 spiro atoms. The van der Waals surface area contributed by atoms with Crippen molar-refractivity contribution in [2.45, 2.75) is 4.90 Å². The third kappa shape index (κ3) is 3.37. The summed E-state index contributed by atoms with van der Waals surface area (Å²) in [5.41, 5.74) is 0.733. The van der Waals surface area contributed by atoms with Gasteiger partial charge in [-0.05, 0) is 30.3 Å². The fraction of sp³-hybridized carbons (Fsp3) is 0.0714. The molecular formula is C14H12ClNO3S. The van der Waals surface area contributed by atoms with Crippen molar-refractivity contribution < 1.29 is 13.2 Å². The fourth-order valence-electron chi connectivity index (χ4n) is 1.65. The Morgan fingerprint density at radius 3 is 2.45 bits per heavy atom. The molecule has 104 valence electrons. The molecule has 0 fully saturated rings. The highest BCUT2D eigenvalue weighted by atomic mass is 35.5. The number of benzene rings is 2. The number of sulfone groups is 1. The Balaban J connectivity index is 2.27. The van der Waals surface area contributed by atoms with Crippen LogP contribution in [0.4, 0.5) is 5.69 Å². The number of halogens is 1. The maximum absolute atomic E-state index is 12.1. The van der Waals surface area contributed by atoms with E-state index in [0.29, 0.717) is 16.3 Å². The minimum absolute atomic E-state index is 0.148. The molecule has 6 heteroatoms. The average molecular weight is 310 g/mol. The first-order valence-electron chi connectivity index (χ1n) is 5.74. The van der Waals surface area contributed by atoms with Gasteiger partial charge in [-0.2, -0.15) is 0 Å². The van der Waals surface area contributed by atoms with Gasteiger partial charge in [0.15, 0.2) is 9.84 Å². The molecular weight excluding hydrogens is 298 g/mol. The third-order valence-corrected chi connectivity index (χ3v) is 4.08. The summed E-state index contributed by atoms with van der Waals surface area (Å²) in [6, 6.07) is 12.7. The van der Waals surface area contributed by atoms with Crippen molar-refractivity contribution in [1.82, 2.24) is 0 Å². The molecule has 0 heterocycles. The van der Waals surface area contributed by atoms with E-state index in [1.807, 2.05) is 0 Å². The Labute approximate surface area is 122 Å². The lowest BCUT2D eigenvalue weighted by Crippen LogP contribution is -2.12. The monoisotopic (exact) mass is 309 g/mol. The number of rotatable bonds is 3. The zero-order valence-electron chi connectivity index (χ0n) is 10.6. The number of hydrogen-bond acceptors (Lipinski definition) is 3. The standard InChI is InChI=1S/C14H12ClNO3S/c1-20(18,19)11-6-4-5-10(9-11)16-14(17)12-7-2-3-8-13(12)15/h2-9H,1H3,(H,16,17). The molecule has 0 radical (unpaired) electrons. The molecule has 20 heavy (non-hydrogen) atoms. The van der Waals surface area contributed by atoms with Gasteiger partial charge < -0.3 is 5.32 Å². The van der Waals surface area contributed by atoms with E-state index < -0.39 is 9.84 Å². The number of nitrogens with one attached hydrogen (secondary N) is 1. The largest absolute Gasteiger partial charge is 0.322 e. The molecule has 0 aliphatic rings. The summed E-state index contributed by atoms with van der Waals surface area (Å²) in [7, 11) is -3.31. The average Bonchev–Trinajstić information content (AvgIpc) is 2.38. The first kappa shape index (κ1) is 14.6. The molecule has 0 saturated heterocycles. The van der Waals surface area contributed by atoms with Gasteiger partial charge in [0.05, 0.1) is 15.5 Å². The van der Waals surface area contributed by atoms with Gasteiger partial charge in [0.25, 0.3) is 5.91 Å². The summed E-state index contributed by atoms with van der Waals surface area (Å²) < 4.78 is 22.9. The van der Waals surface area contributed by atoms with Crippen LogP contribution in [0.5, 0.6) is 0 Å². The van der Waals surface area contributed by atoms with Crippen molar-refractivity contribution >= 4 is 33.0 Å². The number of hydrogen-bond donors (Lipinski definition) is 1. The summed E-state index contributed by atoms with van der Waals surface area (Å²) in [5.74, 6) is -0.388. The van der Waals surface area contributed by atoms with Crippen LogP contribution in [-0.4, -0.2) is 20.6 Å². The van der Waals surface area contributed by atoms with E-state index in [0.717, 1.165) is 6.26 Å². The summed E-state index contributed by atoms with van der Waals surface area (Å²) in [5, 5.41) is 2.96. The second-order valence-electron chi connectivity index (χ2n) is 4.23. The first-order chi connectivity index (χ1) is 9.38. The van der Waals surface area contributed by atoms with Crippen LogP contribution in [0, 0.1) is 0 Å². The molecule has 0 aromatic heterocycles. The molecule has 1 N–H and O–H groups in total. The lowest BCUT2D eigenvalue weighted by molar-refractivity contribution is 0.102. The van der Waals surface area contributed by atoms with E-state index >= 15 is 0 Å². The first-order valence-corrected chi connectivity index (χ1v) is 8.01. The van der Waals surface area contributed by atoms with Gasteiger partial charge in [0, 0.05) is 11.9 Å². The van der Waals surface area contributed by atoms with Gasteiger partial charge in [0.1, 0.15) is 0 Å². The normalized spacial score (nSPS) is 11.1. The molecule has 0 aliphatic carbocycles. The lowest BCUT2D eigenvalue weighted by atomic mass is 10.2. The molecule has 1 amide bonds. The van der Waals surface area contributed by atoms with Crippen molar-refractivity contribution in [2.24, 2.45) is 0 Å². The Morgan fingerprint density at radius 2 is 1.80 bits per heavy atom. The van der Waals surface area contributed by atoms with E-state index in [1.165, 1.54) is 12.1 Å². The van der Waals surface area contributed by atoms with Gasteiger partial charge in [0.2, 0.25) is 0 Å². The molecule has 0 bridgehead atoms.